The number of ether oxygens (including phenoxy) is 2. The van der Waals surface area contributed by atoms with Crippen molar-refractivity contribution < 1.29 is 14.6 Å². The molecule has 0 radical (unpaired) electrons. The second-order valence-corrected chi connectivity index (χ2v) is 4.71. The van der Waals surface area contributed by atoms with Gasteiger partial charge in [0.1, 0.15) is 6.73 Å². The van der Waals surface area contributed by atoms with Crippen LogP contribution in [0.4, 0.5) is 0 Å². The maximum Gasteiger partial charge on any atom is 0.220 e. The van der Waals surface area contributed by atoms with E-state index in [1.54, 1.807) is 12.2 Å². The lowest BCUT2D eigenvalue weighted by Crippen LogP contribution is -2.34. The Labute approximate surface area is 106 Å². The summed E-state index contributed by atoms with van der Waals surface area (Å²) in [6, 6.07) is 0. The number of rotatable bonds is 4. The topological polar surface area (TPSA) is 41.9 Å². The van der Waals surface area contributed by atoms with E-state index in [1.807, 2.05) is 0 Å². The van der Waals surface area contributed by atoms with Crippen molar-refractivity contribution in [3.63, 3.8) is 0 Å². The maximum atomic E-state index is 9.11. The molecular formula is C12H18ClNO3. The largest absolute Gasteiger partial charge is 0.468 e. The second kappa shape index (κ2) is 6.40. The smallest absolute Gasteiger partial charge is 0.220 e. The van der Waals surface area contributed by atoms with Gasteiger partial charge in [0.25, 0.3) is 0 Å². The molecule has 0 bridgehead atoms. The van der Waals surface area contributed by atoms with Crippen molar-refractivity contribution in [2.24, 2.45) is 0 Å². The monoisotopic (exact) mass is 259 g/mol. The Bertz CT molecular complexity index is 298. The minimum atomic E-state index is -1.02. The molecule has 0 aliphatic carbocycles. The first-order valence-corrected chi connectivity index (χ1v) is 6.39. The standard InChI is InChI=1S/C12H18ClNO3/c13-12(15)10-4-5-11(16-8-10)17-9-14-6-2-1-3-7-14/h4-5,8,11-12,15H,1-3,6-7,9H2. The lowest BCUT2D eigenvalue weighted by Gasteiger charge is -2.28. The first kappa shape index (κ1) is 12.9. The SMILES string of the molecule is OC(Cl)C1=COC(OCN2CCCCC2)C=C1. The molecule has 1 fully saturated rings. The van der Waals surface area contributed by atoms with Crippen LogP contribution < -0.4 is 0 Å². The van der Waals surface area contributed by atoms with Gasteiger partial charge in [0.15, 0.2) is 5.56 Å². The van der Waals surface area contributed by atoms with E-state index in [4.69, 9.17) is 26.2 Å². The quantitative estimate of drug-likeness (QED) is 0.782. The van der Waals surface area contributed by atoms with Gasteiger partial charge in [0.2, 0.25) is 6.29 Å². The van der Waals surface area contributed by atoms with Crippen LogP contribution in [0.3, 0.4) is 0 Å². The minimum absolute atomic E-state index is 0.379. The number of alkyl halides is 1. The van der Waals surface area contributed by atoms with E-state index in [2.05, 4.69) is 4.90 Å². The summed E-state index contributed by atoms with van der Waals surface area (Å²) in [4.78, 5) is 2.27. The summed E-state index contributed by atoms with van der Waals surface area (Å²) in [6.45, 7) is 2.78. The lowest BCUT2D eigenvalue weighted by atomic mass is 10.1. The highest BCUT2D eigenvalue weighted by atomic mass is 35.5. The Morgan fingerprint density at radius 3 is 2.82 bits per heavy atom. The van der Waals surface area contributed by atoms with Gasteiger partial charge in [0, 0.05) is 18.7 Å². The maximum absolute atomic E-state index is 9.11. The molecule has 2 rings (SSSR count). The van der Waals surface area contributed by atoms with Crippen LogP contribution in [0.2, 0.25) is 0 Å². The van der Waals surface area contributed by atoms with Gasteiger partial charge >= 0.3 is 0 Å². The molecular weight excluding hydrogens is 242 g/mol. The number of nitrogens with zero attached hydrogens (tertiary/aromatic N) is 1. The van der Waals surface area contributed by atoms with E-state index in [0.717, 1.165) is 13.1 Å². The van der Waals surface area contributed by atoms with Crippen molar-refractivity contribution in [1.29, 1.82) is 0 Å². The van der Waals surface area contributed by atoms with Crippen LogP contribution in [-0.4, -0.2) is 41.7 Å². The van der Waals surface area contributed by atoms with Crippen molar-refractivity contribution in [2.75, 3.05) is 19.8 Å². The lowest BCUT2D eigenvalue weighted by molar-refractivity contribution is -0.114. The number of aliphatic hydroxyl groups excluding tert-OH is 1. The van der Waals surface area contributed by atoms with Gasteiger partial charge in [-0.2, -0.15) is 0 Å². The first-order chi connectivity index (χ1) is 8.25. The molecule has 0 saturated carbocycles. The summed E-state index contributed by atoms with van der Waals surface area (Å²) in [6.07, 6.45) is 8.35. The molecule has 96 valence electrons. The van der Waals surface area contributed by atoms with Crippen molar-refractivity contribution in [2.45, 2.75) is 31.1 Å². The van der Waals surface area contributed by atoms with E-state index >= 15 is 0 Å². The molecule has 0 aromatic heterocycles. The Morgan fingerprint density at radius 1 is 1.47 bits per heavy atom. The van der Waals surface area contributed by atoms with Gasteiger partial charge in [0.05, 0.1) is 6.26 Å². The number of piperidine rings is 1. The molecule has 0 amide bonds. The van der Waals surface area contributed by atoms with Crippen molar-refractivity contribution >= 4 is 11.6 Å². The van der Waals surface area contributed by atoms with E-state index < -0.39 is 5.56 Å². The zero-order chi connectivity index (χ0) is 12.1. The predicted molar refractivity (Wildman–Crippen MR) is 65.3 cm³/mol. The molecule has 2 unspecified atom stereocenters. The van der Waals surface area contributed by atoms with Crippen molar-refractivity contribution in [3.05, 3.63) is 24.0 Å². The number of halogens is 1. The van der Waals surface area contributed by atoms with Crippen LogP contribution in [0.25, 0.3) is 0 Å². The van der Waals surface area contributed by atoms with Gasteiger partial charge in [-0.15, -0.1) is 0 Å². The average Bonchev–Trinajstić information content (AvgIpc) is 2.38. The summed E-state index contributed by atoms with van der Waals surface area (Å²) in [7, 11) is 0. The molecule has 2 heterocycles. The summed E-state index contributed by atoms with van der Waals surface area (Å²) in [5.41, 5.74) is -0.473. The van der Waals surface area contributed by atoms with Crippen LogP contribution in [0.5, 0.6) is 0 Å². The zero-order valence-electron chi connectivity index (χ0n) is 9.72. The summed E-state index contributed by atoms with van der Waals surface area (Å²) >= 11 is 5.51. The van der Waals surface area contributed by atoms with Gasteiger partial charge in [-0.05, 0) is 25.0 Å². The second-order valence-electron chi connectivity index (χ2n) is 4.29. The van der Waals surface area contributed by atoms with Crippen molar-refractivity contribution in [3.8, 4) is 0 Å². The summed E-state index contributed by atoms with van der Waals surface area (Å²) in [5.74, 6) is 0. The molecule has 0 aromatic rings. The Kier molecular flexibility index (Phi) is 4.86. The fourth-order valence-corrected chi connectivity index (χ4v) is 2.04. The Hall–Kier alpha value is -0.550. The molecule has 4 nitrogen and oxygen atoms in total. The summed E-state index contributed by atoms with van der Waals surface area (Å²) in [5, 5.41) is 9.11. The van der Waals surface area contributed by atoms with E-state index in [9.17, 15) is 0 Å². The highest BCUT2D eigenvalue weighted by molar-refractivity contribution is 6.21. The highest BCUT2D eigenvalue weighted by Crippen LogP contribution is 2.16. The molecule has 0 aromatic carbocycles. The molecule has 0 spiro atoms. The Balaban J connectivity index is 1.70. The van der Waals surface area contributed by atoms with Gasteiger partial charge in [-0.1, -0.05) is 18.0 Å². The number of likely N-dealkylation sites (tertiary alicyclic amines) is 1. The number of aliphatic hydroxyl groups is 1. The average molecular weight is 260 g/mol. The van der Waals surface area contributed by atoms with Crippen LogP contribution in [0.1, 0.15) is 19.3 Å². The third kappa shape index (κ3) is 4.00. The van der Waals surface area contributed by atoms with E-state index in [1.165, 1.54) is 25.5 Å². The van der Waals surface area contributed by atoms with Gasteiger partial charge in [-0.3, -0.25) is 4.90 Å². The molecule has 1 saturated heterocycles. The van der Waals surface area contributed by atoms with Crippen molar-refractivity contribution in [1.82, 2.24) is 4.90 Å². The van der Waals surface area contributed by atoms with Gasteiger partial charge < -0.3 is 14.6 Å². The zero-order valence-corrected chi connectivity index (χ0v) is 10.5. The van der Waals surface area contributed by atoms with E-state index in [0.29, 0.717) is 12.3 Å². The van der Waals surface area contributed by atoms with Gasteiger partial charge in [-0.25, -0.2) is 0 Å². The number of hydrogen-bond donors (Lipinski definition) is 1. The molecule has 2 aliphatic heterocycles. The molecule has 17 heavy (non-hydrogen) atoms. The third-order valence-electron chi connectivity index (χ3n) is 2.93. The predicted octanol–water partition coefficient (Wildman–Crippen LogP) is 1.80. The van der Waals surface area contributed by atoms with Crippen LogP contribution >= 0.6 is 11.6 Å². The van der Waals surface area contributed by atoms with Crippen LogP contribution in [0, 0.1) is 0 Å². The fourth-order valence-electron chi connectivity index (χ4n) is 1.92. The number of hydrogen-bond acceptors (Lipinski definition) is 4. The Morgan fingerprint density at radius 2 is 2.24 bits per heavy atom. The third-order valence-corrected chi connectivity index (χ3v) is 3.18. The van der Waals surface area contributed by atoms with Crippen LogP contribution in [0.15, 0.2) is 24.0 Å². The van der Waals surface area contributed by atoms with E-state index in [-0.39, 0.29) is 6.29 Å². The highest BCUT2D eigenvalue weighted by Gasteiger charge is 2.16. The molecule has 2 atom stereocenters. The first-order valence-electron chi connectivity index (χ1n) is 5.95. The van der Waals surface area contributed by atoms with Crippen LogP contribution in [-0.2, 0) is 9.47 Å². The molecule has 1 N–H and O–H groups in total. The minimum Gasteiger partial charge on any atom is -0.468 e. The summed E-state index contributed by atoms with van der Waals surface area (Å²) < 4.78 is 10.9. The fraction of sp³-hybridized carbons (Fsp3) is 0.667. The normalized spacial score (nSPS) is 27.4. The molecule has 2 aliphatic rings. The molecule has 5 heteroatoms.